The molecule has 0 N–H and O–H groups in total. The van der Waals surface area contributed by atoms with Crippen LogP contribution in [0.1, 0.15) is 44.1 Å². The molecule has 0 bridgehead atoms. The van der Waals surface area contributed by atoms with E-state index < -0.39 is 0 Å². The van der Waals surface area contributed by atoms with Gasteiger partial charge in [-0.2, -0.15) is 0 Å². The van der Waals surface area contributed by atoms with Gasteiger partial charge in [0.15, 0.2) is 0 Å². The molecule has 0 spiro atoms. The molecular formula is C18H27BrN2. The normalized spacial score (nSPS) is 23.1. The van der Waals surface area contributed by atoms with Crippen molar-refractivity contribution in [3.63, 3.8) is 0 Å². The summed E-state index contributed by atoms with van der Waals surface area (Å²) < 4.78 is 1.17. The third-order valence-corrected chi connectivity index (χ3v) is 5.56. The Morgan fingerprint density at radius 2 is 1.48 bits per heavy atom. The van der Waals surface area contributed by atoms with E-state index in [-0.39, 0.29) is 0 Å². The minimum Gasteiger partial charge on any atom is -0.300 e. The summed E-state index contributed by atoms with van der Waals surface area (Å²) in [4.78, 5) is 5.40. The zero-order valence-electron chi connectivity index (χ0n) is 12.9. The predicted molar refractivity (Wildman–Crippen MR) is 92.5 cm³/mol. The fourth-order valence-electron chi connectivity index (χ4n) is 3.75. The molecule has 0 radical (unpaired) electrons. The van der Waals surface area contributed by atoms with Crippen LogP contribution in [0.25, 0.3) is 0 Å². The van der Waals surface area contributed by atoms with E-state index in [1.165, 1.54) is 74.7 Å². The van der Waals surface area contributed by atoms with Crippen LogP contribution in [-0.4, -0.2) is 42.0 Å². The van der Waals surface area contributed by atoms with Crippen molar-refractivity contribution < 1.29 is 0 Å². The summed E-state index contributed by atoms with van der Waals surface area (Å²) in [5.74, 6) is 0. The predicted octanol–water partition coefficient (Wildman–Crippen LogP) is 4.29. The lowest BCUT2D eigenvalue weighted by atomic mass is 10.0. The van der Waals surface area contributed by atoms with Gasteiger partial charge in [-0.15, -0.1) is 0 Å². The van der Waals surface area contributed by atoms with Gasteiger partial charge in [-0.3, -0.25) is 4.90 Å². The van der Waals surface area contributed by atoms with E-state index in [1.807, 2.05) is 0 Å². The molecule has 2 nitrogen and oxygen atoms in total. The number of likely N-dealkylation sites (tertiary alicyclic amines) is 2. The Hall–Kier alpha value is -0.380. The van der Waals surface area contributed by atoms with Gasteiger partial charge in [0.05, 0.1) is 0 Å². The van der Waals surface area contributed by atoms with Crippen molar-refractivity contribution in [3.8, 4) is 0 Å². The van der Waals surface area contributed by atoms with Crippen molar-refractivity contribution in [2.24, 2.45) is 0 Å². The topological polar surface area (TPSA) is 6.48 Å². The zero-order valence-corrected chi connectivity index (χ0v) is 14.5. The van der Waals surface area contributed by atoms with Crippen LogP contribution in [0.3, 0.4) is 0 Å². The molecule has 2 aliphatic heterocycles. The molecule has 2 fully saturated rings. The van der Waals surface area contributed by atoms with Crippen LogP contribution in [-0.2, 0) is 6.54 Å². The maximum absolute atomic E-state index is 3.51. The molecule has 0 saturated carbocycles. The molecule has 3 heteroatoms. The fourth-order valence-corrected chi connectivity index (χ4v) is 4.02. The Labute approximate surface area is 137 Å². The number of piperidine rings is 1. The highest BCUT2D eigenvalue weighted by atomic mass is 79.9. The monoisotopic (exact) mass is 350 g/mol. The molecule has 2 aliphatic rings. The van der Waals surface area contributed by atoms with Crippen molar-refractivity contribution >= 4 is 15.9 Å². The molecule has 0 unspecified atom stereocenters. The zero-order chi connectivity index (χ0) is 14.5. The summed E-state index contributed by atoms with van der Waals surface area (Å²) >= 11 is 3.51. The highest BCUT2D eigenvalue weighted by Gasteiger charge is 2.24. The number of rotatable bonds is 3. The summed E-state index contributed by atoms with van der Waals surface area (Å²) in [6.45, 7) is 6.32. The Bertz CT molecular complexity index is 415. The molecule has 1 aromatic rings. The Morgan fingerprint density at radius 3 is 2.10 bits per heavy atom. The molecular weight excluding hydrogens is 324 g/mol. The molecule has 0 atom stereocenters. The molecule has 0 aliphatic carbocycles. The van der Waals surface area contributed by atoms with Crippen LogP contribution < -0.4 is 0 Å². The van der Waals surface area contributed by atoms with Crippen LogP contribution in [0.15, 0.2) is 28.7 Å². The summed E-state index contributed by atoms with van der Waals surface area (Å²) in [5, 5.41) is 0. The molecule has 1 aromatic carbocycles. The SMILES string of the molecule is Brc1ccc(CN2CCC(N3CCCCCC3)CC2)cc1. The molecule has 3 rings (SSSR count). The van der Waals surface area contributed by atoms with Gasteiger partial charge in [0.25, 0.3) is 0 Å². The third kappa shape index (κ3) is 4.54. The lowest BCUT2D eigenvalue weighted by Gasteiger charge is -2.38. The molecule has 116 valence electrons. The molecule has 0 aromatic heterocycles. The average molecular weight is 351 g/mol. The maximum Gasteiger partial charge on any atom is 0.0233 e. The van der Waals surface area contributed by atoms with Crippen LogP contribution in [0.2, 0.25) is 0 Å². The van der Waals surface area contributed by atoms with Crippen molar-refractivity contribution in [1.29, 1.82) is 0 Å². The second-order valence-corrected chi connectivity index (χ2v) is 7.50. The van der Waals surface area contributed by atoms with Gasteiger partial charge in [-0.1, -0.05) is 40.9 Å². The van der Waals surface area contributed by atoms with E-state index in [4.69, 9.17) is 0 Å². The number of hydrogen-bond donors (Lipinski definition) is 0. The smallest absolute Gasteiger partial charge is 0.0233 e. The largest absolute Gasteiger partial charge is 0.300 e. The second-order valence-electron chi connectivity index (χ2n) is 6.58. The van der Waals surface area contributed by atoms with E-state index in [1.54, 1.807) is 0 Å². The van der Waals surface area contributed by atoms with Gasteiger partial charge in [0.1, 0.15) is 0 Å². The second kappa shape index (κ2) is 7.75. The summed E-state index contributed by atoms with van der Waals surface area (Å²) in [6.07, 6.45) is 8.43. The van der Waals surface area contributed by atoms with Crippen molar-refractivity contribution in [3.05, 3.63) is 34.3 Å². The van der Waals surface area contributed by atoms with E-state index in [0.717, 1.165) is 12.6 Å². The van der Waals surface area contributed by atoms with E-state index in [0.29, 0.717) is 0 Å². The van der Waals surface area contributed by atoms with Crippen molar-refractivity contribution in [2.45, 2.75) is 51.1 Å². The average Bonchev–Trinajstić information content (AvgIpc) is 2.80. The van der Waals surface area contributed by atoms with E-state index in [2.05, 4.69) is 50.0 Å². The standard InChI is InChI=1S/C18H27BrN2/c19-17-7-5-16(6-8-17)15-20-13-9-18(10-14-20)21-11-3-1-2-4-12-21/h5-8,18H,1-4,9-15H2. The summed E-state index contributed by atoms with van der Waals surface area (Å²) in [7, 11) is 0. The summed E-state index contributed by atoms with van der Waals surface area (Å²) in [6, 6.07) is 9.64. The molecule has 2 heterocycles. The van der Waals surface area contributed by atoms with Crippen LogP contribution in [0.5, 0.6) is 0 Å². The van der Waals surface area contributed by atoms with Gasteiger partial charge < -0.3 is 4.90 Å². The fraction of sp³-hybridized carbons (Fsp3) is 0.667. The van der Waals surface area contributed by atoms with Crippen molar-refractivity contribution in [1.82, 2.24) is 9.80 Å². The minimum absolute atomic E-state index is 0.851. The first-order valence-electron chi connectivity index (χ1n) is 8.52. The minimum atomic E-state index is 0.851. The van der Waals surface area contributed by atoms with Gasteiger partial charge >= 0.3 is 0 Å². The first-order chi connectivity index (χ1) is 10.3. The quantitative estimate of drug-likeness (QED) is 0.802. The van der Waals surface area contributed by atoms with Gasteiger partial charge in [0.2, 0.25) is 0 Å². The van der Waals surface area contributed by atoms with Crippen LogP contribution >= 0.6 is 15.9 Å². The Morgan fingerprint density at radius 1 is 0.857 bits per heavy atom. The molecule has 0 amide bonds. The van der Waals surface area contributed by atoms with Crippen LogP contribution in [0, 0.1) is 0 Å². The first kappa shape index (κ1) is 15.5. The Kier molecular flexibility index (Phi) is 5.73. The van der Waals surface area contributed by atoms with E-state index in [9.17, 15) is 0 Å². The number of benzene rings is 1. The molecule has 2 saturated heterocycles. The number of nitrogens with zero attached hydrogens (tertiary/aromatic N) is 2. The van der Waals surface area contributed by atoms with E-state index >= 15 is 0 Å². The first-order valence-corrected chi connectivity index (χ1v) is 9.31. The Balaban J connectivity index is 1.47. The summed E-state index contributed by atoms with van der Waals surface area (Å²) in [5.41, 5.74) is 1.44. The van der Waals surface area contributed by atoms with Gasteiger partial charge in [-0.25, -0.2) is 0 Å². The van der Waals surface area contributed by atoms with Crippen LogP contribution in [0.4, 0.5) is 0 Å². The lowest BCUT2D eigenvalue weighted by molar-refractivity contribution is 0.107. The van der Waals surface area contributed by atoms with Gasteiger partial charge in [-0.05, 0) is 69.6 Å². The van der Waals surface area contributed by atoms with Crippen molar-refractivity contribution in [2.75, 3.05) is 26.2 Å². The molecule has 21 heavy (non-hydrogen) atoms. The highest BCUT2D eigenvalue weighted by molar-refractivity contribution is 9.10. The highest BCUT2D eigenvalue weighted by Crippen LogP contribution is 2.22. The number of halogens is 1. The number of hydrogen-bond acceptors (Lipinski definition) is 2. The maximum atomic E-state index is 3.51. The van der Waals surface area contributed by atoms with Gasteiger partial charge in [0, 0.05) is 17.1 Å². The third-order valence-electron chi connectivity index (χ3n) is 5.03. The lowest BCUT2D eigenvalue weighted by Crippen LogP contribution is -2.45.